The molecule has 3 rings (SSSR count). The lowest BCUT2D eigenvalue weighted by atomic mass is 9.94. The van der Waals surface area contributed by atoms with Gasteiger partial charge in [-0.3, -0.25) is 15.0 Å². The second-order valence-electron chi connectivity index (χ2n) is 8.74. The van der Waals surface area contributed by atoms with Gasteiger partial charge in [0.15, 0.2) is 9.84 Å². The minimum absolute atomic E-state index is 0.0544. The van der Waals surface area contributed by atoms with Crippen molar-refractivity contribution >= 4 is 43.8 Å². The third kappa shape index (κ3) is 5.42. The van der Waals surface area contributed by atoms with Gasteiger partial charge in [0.1, 0.15) is 10.8 Å². The molecule has 0 spiro atoms. The number of phenols is 1. The number of carbonyl (C=O) groups excluding carboxylic acids is 2. The Kier molecular flexibility index (Phi) is 6.85. The van der Waals surface area contributed by atoms with Crippen LogP contribution >= 0.6 is 11.3 Å². The Hall–Kier alpha value is -2.59. The number of rotatable bonds is 4. The maximum absolute atomic E-state index is 13.2. The van der Waals surface area contributed by atoms with Crippen molar-refractivity contribution in [3.63, 3.8) is 0 Å². The molecule has 32 heavy (non-hydrogen) atoms. The number of sulfone groups is 1. The Morgan fingerprint density at radius 1 is 1.16 bits per heavy atom. The fourth-order valence-electron chi connectivity index (χ4n) is 3.34. The number of carbonyl (C=O) groups is 2. The van der Waals surface area contributed by atoms with Crippen LogP contribution in [0.5, 0.6) is 5.75 Å². The number of nitrogens with zero attached hydrogens (tertiary/aromatic N) is 2. The lowest BCUT2D eigenvalue weighted by Crippen LogP contribution is -2.44. The normalized spacial score (nSPS) is 15.9. The van der Waals surface area contributed by atoms with E-state index < -0.39 is 15.9 Å². The van der Waals surface area contributed by atoms with E-state index in [1.807, 2.05) is 27.7 Å². The van der Waals surface area contributed by atoms with E-state index in [1.54, 1.807) is 18.2 Å². The standard InChI is InChI=1S/C22H29N3O5S2/c1-5-25(15-6-8-16(26)9-7-15)21(28)23-19-17(14-18(31-19)22(2,3)4)20(27)24-10-12-32(29,30)13-11-24/h6-9,14,26H,5,10-13H2,1-4H3,(H,23,28). The molecule has 0 atom stereocenters. The van der Waals surface area contributed by atoms with Crippen LogP contribution in [0, 0.1) is 0 Å². The number of thiophene rings is 1. The first-order chi connectivity index (χ1) is 14.9. The fourth-order valence-corrected chi connectivity index (χ4v) is 5.64. The van der Waals surface area contributed by atoms with Gasteiger partial charge in [0.05, 0.1) is 17.1 Å². The van der Waals surface area contributed by atoms with Crippen LogP contribution in [0.15, 0.2) is 30.3 Å². The molecule has 1 fully saturated rings. The van der Waals surface area contributed by atoms with Crippen molar-refractivity contribution in [1.29, 1.82) is 0 Å². The Morgan fingerprint density at radius 2 is 1.75 bits per heavy atom. The first-order valence-corrected chi connectivity index (χ1v) is 13.1. The molecule has 0 radical (unpaired) electrons. The molecule has 10 heteroatoms. The largest absolute Gasteiger partial charge is 0.508 e. The summed E-state index contributed by atoms with van der Waals surface area (Å²) in [6.45, 7) is 8.60. The summed E-state index contributed by atoms with van der Waals surface area (Å²) in [6, 6.07) is 7.71. The molecule has 1 aliphatic heterocycles. The average Bonchev–Trinajstić information content (AvgIpc) is 3.13. The number of nitrogens with one attached hydrogen (secondary N) is 1. The van der Waals surface area contributed by atoms with E-state index in [0.29, 0.717) is 22.8 Å². The molecule has 0 unspecified atom stereocenters. The fraction of sp³-hybridized carbons (Fsp3) is 0.455. The number of hydrogen-bond donors (Lipinski definition) is 2. The second kappa shape index (κ2) is 9.11. The summed E-state index contributed by atoms with van der Waals surface area (Å²) in [5.41, 5.74) is 0.758. The summed E-state index contributed by atoms with van der Waals surface area (Å²) in [4.78, 5) is 30.3. The third-order valence-electron chi connectivity index (χ3n) is 5.28. The maximum Gasteiger partial charge on any atom is 0.326 e. The quantitative estimate of drug-likeness (QED) is 0.696. The lowest BCUT2D eigenvalue weighted by Gasteiger charge is -2.27. The summed E-state index contributed by atoms with van der Waals surface area (Å²) in [5.74, 6) is -0.285. The van der Waals surface area contributed by atoms with Crippen LogP contribution in [0.2, 0.25) is 0 Å². The molecule has 0 bridgehead atoms. The van der Waals surface area contributed by atoms with Crippen molar-refractivity contribution in [3.05, 3.63) is 40.8 Å². The zero-order valence-electron chi connectivity index (χ0n) is 18.7. The van der Waals surface area contributed by atoms with Crippen molar-refractivity contribution in [2.75, 3.05) is 41.4 Å². The van der Waals surface area contributed by atoms with Gasteiger partial charge in [-0.25, -0.2) is 13.2 Å². The summed E-state index contributed by atoms with van der Waals surface area (Å²) in [5, 5.41) is 12.8. The van der Waals surface area contributed by atoms with Crippen LogP contribution in [-0.4, -0.2) is 61.5 Å². The monoisotopic (exact) mass is 479 g/mol. The Labute approximate surface area is 192 Å². The number of hydrogen-bond acceptors (Lipinski definition) is 6. The Morgan fingerprint density at radius 3 is 2.28 bits per heavy atom. The SMILES string of the molecule is CCN(C(=O)Nc1sc(C(C)(C)C)cc1C(=O)N1CCS(=O)(=O)CC1)c1ccc(O)cc1. The molecule has 1 saturated heterocycles. The van der Waals surface area contributed by atoms with Gasteiger partial charge in [-0.2, -0.15) is 0 Å². The van der Waals surface area contributed by atoms with Gasteiger partial charge in [0.2, 0.25) is 0 Å². The lowest BCUT2D eigenvalue weighted by molar-refractivity contribution is 0.0771. The first-order valence-electron chi connectivity index (χ1n) is 10.4. The number of phenolic OH excluding ortho intramolecular Hbond substituents is 1. The minimum atomic E-state index is -3.11. The van der Waals surface area contributed by atoms with Crippen molar-refractivity contribution in [1.82, 2.24) is 4.90 Å². The van der Waals surface area contributed by atoms with Crippen molar-refractivity contribution in [2.24, 2.45) is 0 Å². The Bertz CT molecular complexity index is 1090. The average molecular weight is 480 g/mol. The van der Waals surface area contributed by atoms with E-state index in [9.17, 15) is 23.1 Å². The zero-order chi connectivity index (χ0) is 23.7. The van der Waals surface area contributed by atoms with Gasteiger partial charge in [-0.15, -0.1) is 11.3 Å². The first kappa shape index (κ1) is 24.1. The summed E-state index contributed by atoms with van der Waals surface area (Å²) in [7, 11) is -3.11. The molecule has 0 aliphatic carbocycles. The molecule has 2 N–H and O–H groups in total. The van der Waals surface area contributed by atoms with Gasteiger partial charge in [0, 0.05) is 30.2 Å². The summed E-state index contributed by atoms with van der Waals surface area (Å²) >= 11 is 1.35. The second-order valence-corrected chi connectivity index (χ2v) is 12.1. The number of aromatic hydroxyl groups is 1. The zero-order valence-corrected chi connectivity index (χ0v) is 20.3. The molecule has 1 aromatic carbocycles. The summed E-state index contributed by atoms with van der Waals surface area (Å²) < 4.78 is 23.5. The van der Waals surface area contributed by atoms with Gasteiger partial charge < -0.3 is 10.0 Å². The third-order valence-corrected chi connectivity index (χ3v) is 8.36. The molecule has 3 amide bonds. The van der Waals surface area contributed by atoms with Gasteiger partial charge in [-0.1, -0.05) is 20.8 Å². The predicted octanol–water partition coefficient (Wildman–Crippen LogP) is 3.68. The minimum Gasteiger partial charge on any atom is -0.508 e. The van der Waals surface area contributed by atoms with Gasteiger partial charge in [0.25, 0.3) is 5.91 Å². The maximum atomic E-state index is 13.2. The molecule has 1 aliphatic rings. The number of urea groups is 1. The molecule has 0 saturated carbocycles. The van der Waals surface area contributed by atoms with E-state index in [0.717, 1.165) is 4.88 Å². The number of anilines is 2. The highest BCUT2D eigenvalue weighted by Crippen LogP contribution is 2.37. The molecule has 174 valence electrons. The van der Waals surface area contributed by atoms with E-state index in [-0.39, 0.29) is 41.7 Å². The van der Waals surface area contributed by atoms with Crippen LogP contribution in [0.4, 0.5) is 15.5 Å². The van der Waals surface area contributed by atoms with E-state index in [1.165, 1.54) is 33.3 Å². The molecule has 8 nitrogen and oxygen atoms in total. The molecule has 2 aromatic rings. The van der Waals surface area contributed by atoms with E-state index in [2.05, 4.69) is 5.32 Å². The number of amides is 3. The Balaban J connectivity index is 1.89. The van der Waals surface area contributed by atoms with Crippen LogP contribution < -0.4 is 10.2 Å². The highest BCUT2D eigenvalue weighted by Gasteiger charge is 2.30. The molecule has 1 aromatic heterocycles. The van der Waals surface area contributed by atoms with Gasteiger partial charge in [-0.05, 0) is 42.7 Å². The van der Waals surface area contributed by atoms with Crippen LogP contribution in [-0.2, 0) is 15.3 Å². The summed E-state index contributed by atoms with van der Waals surface area (Å²) in [6.07, 6.45) is 0. The molecular formula is C22H29N3O5S2. The van der Waals surface area contributed by atoms with Crippen molar-refractivity contribution in [3.8, 4) is 5.75 Å². The van der Waals surface area contributed by atoms with Crippen molar-refractivity contribution in [2.45, 2.75) is 33.1 Å². The van der Waals surface area contributed by atoms with Crippen LogP contribution in [0.25, 0.3) is 0 Å². The highest BCUT2D eigenvalue weighted by molar-refractivity contribution is 7.91. The number of benzene rings is 1. The van der Waals surface area contributed by atoms with Crippen LogP contribution in [0.3, 0.4) is 0 Å². The predicted molar refractivity (Wildman–Crippen MR) is 128 cm³/mol. The molecule has 2 heterocycles. The van der Waals surface area contributed by atoms with E-state index >= 15 is 0 Å². The van der Waals surface area contributed by atoms with E-state index in [4.69, 9.17) is 0 Å². The van der Waals surface area contributed by atoms with Crippen molar-refractivity contribution < 1.29 is 23.1 Å². The topological polar surface area (TPSA) is 107 Å². The molecular weight excluding hydrogens is 450 g/mol. The van der Waals surface area contributed by atoms with Gasteiger partial charge >= 0.3 is 6.03 Å². The smallest absolute Gasteiger partial charge is 0.326 e. The van der Waals surface area contributed by atoms with Crippen LogP contribution in [0.1, 0.15) is 42.9 Å². The highest BCUT2D eigenvalue weighted by atomic mass is 32.2.